The zero-order chi connectivity index (χ0) is 35.0. The van der Waals surface area contributed by atoms with Crippen LogP contribution in [-0.2, 0) is 66.4 Å². The van der Waals surface area contributed by atoms with Crippen molar-refractivity contribution in [1.82, 2.24) is 0 Å². The standard InChI is InChI=1S/C34H60O15/c1-36-34(35)7-8-37-9-10-38-11-12-39-13-14-40-15-16-41-17-18-42-19-20-43-21-22-44-23-24-45-25-26-46-27-28-47-29-30-48-31-32-49-33-5-3-2-4-6-33/h2-6H,7-32H2,1H3. The lowest BCUT2D eigenvalue weighted by Crippen LogP contribution is -2.15. The minimum absolute atomic E-state index is 0.243. The van der Waals surface area contributed by atoms with Gasteiger partial charge >= 0.3 is 5.97 Å². The van der Waals surface area contributed by atoms with E-state index in [1.54, 1.807) is 0 Å². The van der Waals surface area contributed by atoms with Crippen molar-refractivity contribution in [3.63, 3.8) is 0 Å². The lowest BCUT2D eigenvalue weighted by molar-refractivity contribution is -0.141. The highest BCUT2D eigenvalue weighted by Crippen LogP contribution is 2.07. The second kappa shape index (κ2) is 38.8. The third-order valence-electron chi connectivity index (χ3n) is 6.01. The SMILES string of the molecule is COC(=O)CCOCCOCCOCCOCCOCCOCCOCCOCCOCCOCCOCCOCCOc1ccccc1. The maximum absolute atomic E-state index is 10.9. The Morgan fingerprint density at radius 3 is 0.878 bits per heavy atom. The van der Waals surface area contributed by atoms with E-state index in [0.717, 1.165) is 5.75 Å². The summed E-state index contributed by atoms with van der Waals surface area (Å²) in [5.41, 5.74) is 0. The van der Waals surface area contributed by atoms with E-state index in [2.05, 4.69) is 4.74 Å². The van der Waals surface area contributed by atoms with Gasteiger partial charge in [0, 0.05) is 0 Å². The molecule has 0 N–H and O–H groups in total. The molecule has 1 aromatic carbocycles. The highest BCUT2D eigenvalue weighted by atomic mass is 16.6. The predicted octanol–water partition coefficient (Wildman–Crippen LogP) is 1.83. The average molecular weight is 709 g/mol. The van der Waals surface area contributed by atoms with Gasteiger partial charge in [-0.2, -0.15) is 0 Å². The average Bonchev–Trinajstić information content (AvgIpc) is 3.12. The Kier molecular flexibility index (Phi) is 35.7. The molecule has 15 heteroatoms. The fourth-order valence-electron chi connectivity index (χ4n) is 3.51. The van der Waals surface area contributed by atoms with Gasteiger partial charge in [0.2, 0.25) is 0 Å². The van der Waals surface area contributed by atoms with Crippen LogP contribution < -0.4 is 4.74 Å². The molecule has 0 amide bonds. The summed E-state index contributed by atoms with van der Waals surface area (Å²) in [4.78, 5) is 10.9. The molecular weight excluding hydrogens is 648 g/mol. The topological polar surface area (TPSA) is 146 Å². The van der Waals surface area contributed by atoms with Crippen LogP contribution in [0.3, 0.4) is 0 Å². The molecule has 0 aliphatic carbocycles. The molecule has 0 saturated heterocycles. The van der Waals surface area contributed by atoms with E-state index in [-0.39, 0.29) is 12.4 Å². The maximum Gasteiger partial charge on any atom is 0.307 e. The highest BCUT2D eigenvalue weighted by molar-refractivity contribution is 5.69. The van der Waals surface area contributed by atoms with E-state index in [9.17, 15) is 4.79 Å². The number of esters is 1. The van der Waals surface area contributed by atoms with Gasteiger partial charge in [-0.25, -0.2) is 0 Å². The number of rotatable bonds is 40. The van der Waals surface area contributed by atoms with Crippen LogP contribution in [-0.4, -0.2) is 178 Å². The summed E-state index contributed by atoms with van der Waals surface area (Å²) >= 11 is 0. The molecule has 15 nitrogen and oxygen atoms in total. The van der Waals surface area contributed by atoms with Crippen molar-refractivity contribution in [2.75, 3.05) is 172 Å². The molecule has 0 aliphatic heterocycles. The highest BCUT2D eigenvalue weighted by Gasteiger charge is 2.00. The van der Waals surface area contributed by atoms with Gasteiger partial charge in [-0.1, -0.05) is 18.2 Å². The van der Waals surface area contributed by atoms with Crippen molar-refractivity contribution in [2.24, 2.45) is 0 Å². The summed E-state index contributed by atoms with van der Waals surface area (Å²) in [6.07, 6.45) is 0.243. The van der Waals surface area contributed by atoms with E-state index in [1.165, 1.54) is 7.11 Å². The van der Waals surface area contributed by atoms with Gasteiger partial charge in [0.1, 0.15) is 12.4 Å². The van der Waals surface area contributed by atoms with E-state index >= 15 is 0 Å². The van der Waals surface area contributed by atoms with Crippen molar-refractivity contribution in [2.45, 2.75) is 6.42 Å². The summed E-state index contributed by atoms with van der Waals surface area (Å²) in [5.74, 6) is 0.553. The van der Waals surface area contributed by atoms with Crippen molar-refractivity contribution in [1.29, 1.82) is 0 Å². The van der Waals surface area contributed by atoms with Crippen molar-refractivity contribution >= 4 is 5.97 Å². The van der Waals surface area contributed by atoms with Crippen LogP contribution in [0.5, 0.6) is 5.75 Å². The molecule has 286 valence electrons. The predicted molar refractivity (Wildman–Crippen MR) is 178 cm³/mol. The summed E-state index contributed by atoms with van der Waals surface area (Å²) < 4.78 is 75.4. The van der Waals surface area contributed by atoms with Gasteiger partial charge < -0.3 is 66.3 Å². The molecule has 0 saturated carbocycles. The fourth-order valence-corrected chi connectivity index (χ4v) is 3.51. The van der Waals surface area contributed by atoms with E-state index in [4.69, 9.17) is 61.6 Å². The first-order valence-electron chi connectivity index (χ1n) is 17.0. The normalized spacial score (nSPS) is 11.3. The Morgan fingerprint density at radius 1 is 0.367 bits per heavy atom. The molecule has 0 aliphatic rings. The zero-order valence-electron chi connectivity index (χ0n) is 29.4. The van der Waals surface area contributed by atoms with Gasteiger partial charge in [0.15, 0.2) is 0 Å². The van der Waals surface area contributed by atoms with Crippen LogP contribution in [0.15, 0.2) is 30.3 Å². The molecule has 0 atom stereocenters. The molecule has 0 spiro atoms. The number of benzene rings is 1. The first kappa shape index (κ1) is 45.0. The molecule has 1 rings (SSSR count). The molecule has 0 unspecified atom stereocenters. The lowest BCUT2D eigenvalue weighted by Gasteiger charge is -2.09. The number of hydrogen-bond acceptors (Lipinski definition) is 15. The minimum atomic E-state index is -0.287. The zero-order valence-corrected chi connectivity index (χ0v) is 29.4. The molecule has 0 heterocycles. The summed E-state index contributed by atoms with van der Waals surface area (Å²) in [5, 5.41) is 0. The van der Waals surface area contributed by atoms with Crippen LogP contribution in [0.4, 0.5) is 0 Å². The van der Waals surface area contributed by atoms with Gasteiger partial charge in [0.25, 0.3) is 0 Å². The number of ether oxygens (including phenoxy) is 14. The molecule has 0 aromatic heterocycles. The Bertz CT molecular complexity index is 790. The van der Waals surface area contributed by atoms with Gasteiger partial charge in [0.05, 0.1) is 172 Å². The largest absolute Gasteiger partial charge is 0.491 e. The van der Waals surface area contributed by atoms with Gasteiger partial charge in [-0.05, 0) is 12.1 Å². The van der Waals surface area contributed by atoms with Crippen LogP contribution in [0, 0.1) is 0 Å². The molecule has 0 radical (unpaired) electrons. The molecule has 0 bridgehead atoms. The Morgan fingerprint density at radius 2 is 0.612 bits per heavy atom. The summed E-state index contributed by atoms with van der Waals surface area (Å²) in [6.45, 7) is 12.2. The van der Waals surface area contributed by atoms with Crippen LogP contribution in [0.1, 0.15) is 6.42 Å². The minimum Gasteiger partial charge on any atom is -0.491 e. The third-order valence-corrected chi connectivity index (χ3v) is 6.01. The first-order chi connectivity index (χ1) is 24.3. The number of hydrogen-bond donors (Lipinski definition) is 0. The quantitative estimate of drug-likeness (QED) is 0.0721. The number of carbonyl (C=O) groups is 1. The maximum atomic E-state index is 10.9. The summed E-state index contributed by atoms with van der Waals surface area (Å²) in [7, 11) is 1.35. The number of carbonyl (C=O) groups excluding carboxylic acids is 1. The second-order valence-corrected chi connectivity index (χ2v) is 9.84. The van der Waals surface area contributed by atoms with Crippen molar-refractivity contribution in [3.8, 4) is 5.75 Å². The monoisotopic (exact) mass is 708 g/mol. The van der Waals surface area contributed by atoms with Crippen LogP contribution in [0.25, 0.3) is 0 Å². The molecule has 49 heavy (non-hydrogen) atoms. The summed E-state index contributed by atoms with van der Waals surface area (Å²) in [6, 6.07) is 9.66. The Balaban J connectivity index is 1.61. The Labute approximate surface area is 291 Å². The van der Waals surface area contributed by atoms with E-state index in [0.29, 0.717) is 165 Å². The Hall–Kier alpha value is -1.99. The van der Waals surface area contributed by atoms with E-state index in [1.807, 2.05) is 30.3 Å². The molecule has 1 aromatic rings. The second-order valence-electron chi connectivity index (χ2n) is 9.84. The third kappa shape index (κ3) is 35.6. The van der Waals surface area contributed by atoms with E-state index < -0.39 is 0 Å². The van der Waals surface area contributed by atoms with Crippen molar-refractivity contribution in [3.05, 3.63) is 30.3 Å². The fraction of sp³-hybridized carbons (Fsp3) is 0.794. The van der Waals surface area contributed by atoms with Crippen LogP contribution in [0.2, 0.25) is 0 Å². The van der Waals surface area contributed by atoms with Crippen LogP contribution >= 0.6 is 0 Å². The lowest BCUT2D eigenvalue weighted by atomic mass is 10.3. The van der Waals surface area contributed by atoms with Gasteiger partial charge in [-0.15, -0.1) is 0 Å². The molecule has 0 fully saturated rings. The number of methoxy groups -OCH3 is 1. The van der Waals surface area contributed by atoms with Crippen molar-refractivity contribution < 1.29 is 71.1 Å². The number of para-hydroxylation sites is 1. The smallest absolute Gasteiger partial charge is 0.307 e. The molecular formula is C34H60O15. The van der Waals surface area contributed by atoms with Gasteiger partial charge in [-0.3, -0.25) is 4.79 Å². The first-order valence-corrected chi connectivity index (χ1v) is 17.0.